The Morgan fingerprint density at radius 1 is 1.47 bits per heavy atom. The van der Waals surface area contributed by atoms with Gasteiger partial charge in [0.05, 0.1) is 16.4 Å². The highest BCUT2D eigenvalue weighted by Crippen LogP contribution is 2.18. The molecular weight excluding hydrogens is 265 g/mol. The predicted octanol–water partition coefficient (Wildman–Crippen LogP) is 1.98. The first-order valence-electron chi connectivity index (χ1n) is 4.03. The van der Waals surface area contributed by atoms with E-state index in [1.807, 2.05) is 0 Å². The molecule has 6 heteroatoms. The van der Waals surface area contributed by atoms with Crippen molar-refractivity contribution in [3.05, 3.63) is 40.4 Å². The number of halogens is 2. The average Bonchev–Trinajstić information content (AvgIpc) is 2.70. The van der Waals surface area contributed by atoms with Gasteiger partial charge in [-0.15, -0.1) is 5.10 Å². The third-order valence-corrected chi connectivity index (χ3v) is 2.41. The number of carbonyl (C=O) groups excluding carboxylic acids is 1. The van der Waals surface area contributed by atoms with E-state index in [4.69, 9.17) is 0 Å². The molecule has 0 aliphatic rings. The van der Waals surface area contributed by atoms with Crippen LogP contribution in [0.4, 0.5) is 4.39 Å². The Morgan fingerprint density at radius 3 is 2.87 bits per heavy atom. The molecule has 0 fully saturated rings. The van der Waals surface area contributed by atoms with Crippen LogP contribution in [0, 0.1) is 5.82 Å². The number of hydrogen-bond acceptors (Lipinski definition) is 3. The van der Waals surface area contributed by atoms with Crippen molar-refractivity contribution in [1.29, 1.82) is 0 Å². The molecule has 0 spiro atoms. The SMILES string of the molecule is O=Cc1cn(-c2ccc(F)c(Br)c2)nn1. The molecule has 0 saturated carbocycles. The Morgan fingerprint density at radius 2 is 2.27 bits per heavy atom. The molecule has 0 radical (unpaired) electrons. The molecule has 4 nitrogen and oxygen atoms in total. The van der Waals surface area contributed by atoms with Crippen LogP contribution < -0.4 is 0 Å². The number of rotatable bonds is 2. The van der Waals surface area contributed by atoms with Crippen molar-refractivity contribution < 1.29 is 9.18 Å². The van der Waals surface area contributed by atoms with Crippen molar-refractivity contribution in [1.82, 2.24) is 15.0 Å². The van der Waals surface area contributed by atoms with Gasteiger partial charge in [-0.3, -0.25) is 4.79 Å². The van der Waals surface area contributed by atoms with Crippen LogP contribution in [-0.2, 0) is 0 Å². The first-order valence-corrected chi connectivity index (χ1v) is 4.83. The van der Waals surface area contributed by atoms with Crippen LogP contribution in [0.5, 0.6) is 0 Å². The van der Waals surface area contributed by atoms with Crippen LogP contribution in [0.3, 0.4) is 0 Å². The van der Waals surface area contributed by atoms with Crippen molar-refractivity contribution in [3.63, 3.8) is 0 Å². The highest BCUT2D eigenvalue weighted by molar-refractivity contribution is 9.10. The fraction of sp³-hybridized carbons (Fsp3) is 0. The third-order valence-electron chi connectivity index (χ3n) is 1.80. The smallest absolute Gasteiger partial charge is 0.171 e. The summed E-state index contributed by atoms with van der Waals surface area (Å²) in [4.78, 5) is 10.4. The lowest BCUT2D eigenvalue weighted by atomic mass is 10.3. The first kappa shape index (κ1) is 9.97. The van der Waals surface area contributed by atoms with Gasteiger partial charge >= 0.3 is 0 Å². The number of carbonyl (C=O) groups is 1. The summed E-state index contributed by atoms with van der Waals surface area (Å²) < 4.78 is 14.7. The minimum absolute atomic E-state index is 0.232. The van der Waals surface area contributed by atoms with E-state index in [9.17, 15) is 9.18 Å². The van der Waals surface area contributed by atoms with Gasteiger partial charge in [-0.1, -0.05) is 5.21 Å². The summed E-state index contributed by atoms with van der Waals surface area (Å²) in [5, 5.41) is 7.32. The molecule has 0 bridgehead atoms. The van der Waals surface area contributed by atoms with Gasteiger partial charge in [-0.05, 0) is 34.1 Å². The molecule has 0 aliphatic heterocycles. The predicted molar refractivity (Wildman–Crippen MR) is 54.4 cm³/mol. The molecular formula is C9H5BrFN3O. The first-order chi connectivity index (χ1) is 7.20. The average molecular weight is 270 g/mol. The largest absolute Gasteiger partial charge is 0.296 e. The summed E-state index contributed by atoms with van der Waals surface area (Å²) in [5.74, 6) is -0.352. The quantitative estimate of drug-likeness (QED) is 0.784. The monoisotopic (exact) mass is 269 g/mol. The Balaban J connectivity index is 2.44. The van der Waals surface area contributed by atoms with Gasteiger partial charge in [0.1, 0.15) is 11.5 Å². The van der Waals surface area contributed by atoms with E-state index in [2.05, 4.69) is 26.2 Å². The second-order valence-corrected chi connectivity index (χ2v) is 3.66. The van der Waals surface area contributed by atoms with E-state index in [0.717, 1.165) is 0 Å². The van der Waals surface area contributed by atoms with Gasteiger partial charge in [-0.25, -0.2) is 9.07 Å². The van der Waals surface area contributed by atoms with Crippen molar-refractivity contribution in [3.8, 4) is 5.69 Å². The van der Waals surface area contributed by atoms with E-state index in [1.54, 1.807) is 12.1 Å². The van der Waals surface area contributed by atoms with Crippen LogP contribution in [-0.4, -0.2) is 21.3 Å². The zero-order valence-electron chi connectivity index (χ0n) is 7.39. The Bertz CT molecular complexity index is 512. The topological polar surface area (TPSA) is 47.8 Å². The fourth-order valence-electron chi connectivity index (χ4n) is 1.08. The normalized spacial score (nSPS) is 10.3. The summed E-state index contributed by atoms with van der Waals surface area (Å²) in [6, 6.07) is 4.41. The molecule has 1 heterocycles. The van der Waals surface area contributed by atoms with Gasteiger partial charge in [-0.2, -0.15) is 0 Å². The van der Waals surface area contributed by atoms with Gasteiger partial charge in [0.2, 0.25) is 0 Å². The summed E-state index contributed by atoms with van der Waals surface area (Å²) in [5.41, 5.74) is 0.860. The highest BCUT2D eigenvalue weighted by Gasteiger charge is 2.04. The van der Waals surface area contributed by atoms with Gasteiger partial charge in [0.15, 0.2) is 6.29 Å². The maximum atomic E-state index is 12.9. The zero-order chi connectivity index (χ0) is 10.8. The van der Waals surface area contributed by atoms with Crippen molar-refractivity contribution in [2.24, 2.45) is 0 Å². The molecule has 1 aromatic heterocycles. The van der Waals surface area contributed by atoms with Gasteiger partial charge < -0.3 is 0 Å². The maximum absolute atomic E-state index is 12.9. The van der Waals surface area contributed by atoms with Crippen LogP contribution in [0.1, 0.15) is 10.5 Å². The van der Waals surface area contributed by atoms with Crippen molar-refractivity contribution in [2.75, 3.05) is 0 Å². The Kier molecular flexibility index (Phi) is 2.59. The highest BCUT2D eigenvalue weighted by atomic mass is 79.9. The van der Waals surface area contributed by atoms with Crippen LogP contribution >= 0.6 is 15.9 Å². The number of benzene rings is 1. The number of aromatic nitrogens is 3. The molecule has 1 aromatic carbocycles. The molecule has 0 saturated heterocycles. The summed E-state index contributed by atoms with van der Waals surface area (Å²) >= 11 is 3.06. The minimum atomic E-state index is -0.352. The van der Waals surface area contributed by atoms with Crippen molar-refractivity contribution in [2.45, 2.75) is 0 Å². The van der Waals surface area contributed by atoms with E-state index < -0.39 is 0 Å². The van der Waals surface area contributed by atoms with E-state index >= 15 is 0 Å². The molecule has 2 aromatic rings. The fourth-order valence-corrected chi connectivity index (χ4v) is 1.45. The maximum Gasteiger partial charge on any atom is 0.171 e. The zero-order valence-corrected chi connectivity index (χ0v) is 8.98. The Hall–Kier alpha value is -1.56. The van der Waals surface area contributed by atoms with E-state index in [0.29, 0.717) is 16.4 Å². The molecule has 0 unspecified atom stereocenters. The summed E-state index contributed by atoms with van der Waals surface area (Å²) in [7, 11) is 0. The van der Waals surface area contributed by atoms with Gasteiger partial charge in [0, 0.05) is 0 Å². The number of hydrogen-bond donors (Lipinski definition) is 0. The number of nitrogens with zero attached hydrogens (tertiary/aromatic N) is 3. The van der Waals surface area contributed by atoms with Gasteiger partial charge in [0.25, 0.3) is 0 Å². The second kappa shape index (κ2) is 3.90. The van der Waals surface area contributed by atoms with Crippen LogP contribution in [0.2, 0.25) is 0 Å². The summed E-state index contributed by atoms with van der Waals surface area (Å²) in [6.45, 7) is 0. The standard InChI is InChI=1S/C9H5BrFN3O/c10-8-3-7(1-2-9(8)11)14-4-6(5-15)12-13-14/h1-5H. The molecule has 2 rings (SSSR count). The van der Waals surface area contributed by atoms with Crippen LogP contribution in [0.15, 0.2) is 28.9 Å². The number of aldehydes is 1. The van der Waals surface area contributed by atoms with Crippen molar-refractivity contribution >= 4 is 22.2 Å². The lowest BCUT2D eigenvalue weighted by Gasteiger charge is -2.00. The lowest BCUT2D eigenvalue weighted by molar-refractivity contribution is 0.111. The second-order valence-electron chi connectivity index (χ2n) is 2.80. The van der Waals surface area contributed by atoms with E-state index in [1.165, 1.54) is 16.9 Å². The van der Waals surface area contributed by atoms with E-state index in [-0.39, 0.29) is 11.5 Å². The van der Waals surface area contributed by atoms with Crippen LogP contribution in [0.25, 0.3) is 5.69 Å². The third kappa shape index (κ3) is 1.94. The molecule has 76 valence electrons. The molecule has 0 N–H and O–H groups in total. The molecule has 0 amide bonds. The lowest BCUT2D eigenvalue weighted by Crippen LogP contribution is -1.95. The Labute approximate surface area is 92.8 Å². The molecule has 15 heavy (non-hydrogen) atoms. The summed E-state index contributed by atoms with van der Waals surface area (Å²) in [6.07, 6.45) is 2.06. The molecule has 0 atom stereocenters. The molecule has 0 aliphatic carbocycles. The minimum Gasteiger partial charge on any atom is -0.296 e.